The summed E-state index contributed by atoms with van der Waals surface area (Å²) in [6.07, 6.45) is 0. The molecule has 1 aromatic carbocycles. The lowest BCUT2D eigenvalue weighted by molar-refractivity contribution is 0.718. The molecule has 0 aliphatic rings. The van der Waals surface area contributed by atoms with Crippen LogP contribution in [0.1, 0.15) is 12.7 Å². The Balaban J connectivity index is 2.31. The van der Waals surface area contributed by atoms with Crippen LogP contribution in [0.5, 0.6) is 0 Å². The summed E-state index contributed by atoms with van der Waals surface area (Å²) >= 11 is 0. The van der Waals surface area contributed by atoms with Gasteiger partial charge in [0.05, 0.1) is 11.0 Å². The highest BCUT2D eigenvalue weighted by Gasteiger charge is 2.06. The molecule has 1 atom stereocenters. The van der Waals surface area contributed by atoms with Gasteiger partial charge in [-0.25, -0.2) is 4.98 Å². The fourth-order valence-electron chi connectivity index (χ4n) is 1.90. The first-order chi connectivity index (χ1) is 7.56. The Labute approximate surface area is 95.5 Å². The van der Waals surface area contributed by atoms with E-state index in [1.807, 2.05) is 27.0 Å². The SMILES string of the molecule is Cc1nc2ccc(N(C)CC(C)N)cc2[nH]1. The number of rotatable bonds is 3. The summed E-state index contributed by atoms with van der Waals surface area (Å²) < 4.78 is 0. The number of hydrogen-bond donors (Lipinski definition) is 2. The van der Waals surface area contributed by atoms with Gasteiger partial charge in [0.25, 0.3) is 0 Å². The van der Waals surface area contributed by atoms with Crippen molar-refractivity contribution >= 4 is 16.7 Å². The summed E-state index contributed by atoms with van der Waals surface area (Å²) in [5, 5.41) is 0. The summed E-state index contributed by atoms with van der Waals surface area (Å²) in [4.78, 5) is 9.77. The Morgan fingerprint density at radius 2 is 2.25 bits per heavy atom. The van der Waals surface area contributed by atoms with Gasteiger partial charge in [-0.15, -0.1) is 0 Å². The van der Waals surface area contributed by atoms with Gasteiger partial charge in [-0.3, -0.25) is 0 Å². The monoisotopic (exact) mass is 218 g/mol. The number of nitrogens with two attached hydrogens (primary N) is 1. The Morgan fingerprint density at radius 1 is 1.50 bits per heavy atom. The van der Waals surface area contributed by atoms with E-state index >= 15 is 0 Å². The zero-order valence-corrected chi connectivity index (χ0v) is 9.99. The number of fused-ring (bicyclic) bond motifs is 1. The first-order valence-corrected chi connectivity index (χ1v) is 5.49. The molecule has 2 aromatic rings. The number of aryl methyl sites for hydroxylation is 1. The summed E-state index contributed by atoms with van der Waals surface area (Å²) in [6.45, 7) is 4.82. The van der Waals surface area contributed by atoms with Crippen molar-refractivity contribution in [2.45, 2.75) is 19.9 Å². The fourth-order valence-corrected chi connectivity index (χ4v) is 1.90. The fraction of sp³-hybridized carbons (Fsp3) is 0.417. The average Bonchev–Trinajstić information content (AvgIpc) is 2.55. The van der Waals surface area contributed by atoms with Crippen molar-refractivity contribution in [3.8, 4) is 0 Å². The molecule has 0 spiro atoms. The molecule has 86 valence electrons. The number of benzene rings is 1. The number of likely N-dealkylation sites (N-methyl/N-ethyl adjacent to an activating group) is 1. The predicted octanol–water partition coefficient (Wildman–Crippen LogP) is 1.65. The molecule has 0 radical (unpaired) electrons. The standard InChI is InChI=1S/C12H18N4/c1-8(13)7-16(3)10-4-5-11-12(6-10)15-9(2)14-11/h4-6,8H,7,13H2,1-3H3,(H,14,15). The zero-order valence-electron chi connectivity index (χ0n) is 9.99. The lowest BCUT2D eigenvalue weighted by Crippen LogP contribution is -2.32. The van der Waals surface area contributed by atoms with E-state index in [0.29, 0.717) is 0 Å². The zero-order chi connectivity index (χ0) is 11.7. The molecule has 0 aliphatic heterocycles. The smallest absolute Gasteiger partial charge is 0.104 e. The maximum atomic E-state index is 5.79. The van der Waals surface area contributed by atoms with Gasteiger partial charge < -0.3 is 15.6 Å². The highest BCUT2D eigenvalue weighted by atomic mass is 15.1. The van der Waals surface area contributed by atoms with Gasteiger partial charge in [0.1, 0.15) is 5.82 Å². The number of hydrogen-bond acceptors (Lipinski definition) is 3. The number of H-pyrrole nitrogens is 1. The van der Waals surface area contributed by atoms with E-state index in [1.165, 1.54) is 0 Å². The van der Waals surface area contributed by atoms with Crippen molar-refractivity contribution in [2.24, 2.45) is 5.73 Å². The quantitative estimate of drug-likeness (QED) is 0.823. The molecule has 0 saturated carbocycles. The number of imidazole rings is 1. The lowest BCUT2D eigenvalue weighted by atomic mass is 10.2. The molecule has 0 saturated heterocycles. The Morgan fingerprint density at radius 3 is 2.94 bits per heavy atom. The van der Waals surface area contributed by atoms with E-state index in [4.69, 9.17) is 5.73 Å². The van der Waals surface area contributed by atoms with Gasteiger partial charge in [0, 0.05) is 25.3 Å². The van der Waals surface area contributed by atoms with Crippen molar-refractivity contribution in [3.63, 3.8) is 0 Å². The van der Waals surface area contributed by atoms with Crippen LogP contribution in [-0.2, 0) is 0 Å². The molecule has 1 heterocycles. The molecule has 0 bridgehead atoms. The van der Waals surface area contributed by atoms with Crippen molar-refractivity contribution in [1.82, 2.24) is 9.97 Å². The van der Waals surface area contributed by atoms with Crippen molar-refractivity contribution < 1.29 is 0 Å². The first kappa shape index (κ1) is 11.0. The number of nitrogens with zero attached hydrogens (tertiary/aromatic N) is 2. The van der Waals surface area contributed by atoms with E-state index in [2.05, 4.69) is 27.0 Å². The van der Waals surface area contributed by atoms with Gasteiger partial charge in [-0.1, -0.05) is 0 Å². The highest BCUT2D eigenvalue weighted by Crippen LogP contribution is 2.19. The number of nitrogens with one attached hydrogen (secondary N) is 1. The average molecular weight is 218 g/mol. The van der Waals surface area contributed by atoms with Gasteiger partial charge in [-0.2, -0.15) is 0 Å². The van der Waals surface area contributed by atoms with Crippen LogP contribution in [0.3, 0.4) is 0 Å². The molecule has 16 heavy (non-hydrogen) atoms. The van der Waals surface area contributed by atoms with Crippen LogP contribution in [0.4, 0.5) is 5.69 Å². The third kappa shape index (κ3) is 2.17. The van der Waals surface area contributed by atoms with E-state index in [9.17, 15) is 0 Å². The Bertz CT molecular complexity index is 487. The Kier molecular flexibility index (Phi) is 2.83. The van der Waals surface area contributed by atoms with E-state index in [0.717, 1.165) is 29.1 Å². The van der Waals surface area contributed by atoms with Crippen LogP contribution >= 0.6 is 0 Å². The van der Waals surface area contributed by atoms with E-state index < -0.39 is 0 Å². The molecule has 3 N–H and O–H groups in total. The summed E-state index contributed by atoms with van der Waals surface area (Å²) in [6, 6.07) is 6.39. The topological polar surface area (TPSA) is 57.9 Å². The van der Waals surface area contributed by atoms with E-state index in [-0.39, 0.29) is 6.04 Å². The van der Waals surface area contributed by atoms with Crippen molar-refractivity contribution in [2.75, 3.05) is 18.5 Å². The third-order valence-electron chi connectivity index (χ3n) is 2.59. The lowest BCUT2D eigenvalue weighted by Gasteiger charge is -2.21. The molecular weight excluding hydrogens is 200 g/mol. The van der Waals surface area contributed by atoms with Crippen LogP contribution < -0.4 is 10.6 Å². The van der Waals surface area contributed by atoms with Crippen LogP contribution in [0.15, 0.2) is 18.2 Å². The summed E-state index contributed by atoms with van der Waals surface area (Å²) in [5.41, 5.74) is 9.03. The second-order valence-corrected chi connectivity index (χ2v) is 4.38. The van der Waals surface area contributed by atoms with Crippen molar-refractivity contribution in [3.05, 3.63) is 24.0 Å². The molecular formula is C12H18N4. The van der Waals surface area contributed by atoms with Crippen LogP contribution in [0, 0.1) is 6.92 Å². The highest BCUT2D eigenvalue weighted by molar-refractivity contribution is 5.79. The van der Waals surface area contributed by atoms with Gasteiger partial charge in [0.2, 0.25) is 0 Å². The maximum absolute atomic E-state index is 5.79. The van der Waals surface area contributed by atoms with Gasteiger partial charge in [-0.05, 0) is 32.0 Å². The molecule has 0 aliphatic carbocycles. The molecule has 4 nitrogen and oxygen atoms in total. The van der Waals surface area contributed by atoms with Crippen LogP contribution in [-0.4, -0.2) is 29.6 Å². The molecule has 1 unspecified atom stereocenters. The minimum Gasteiger partial charge on any atom is -0.373 e. The molecule has 2 rings (SSSR count). The van der Waals surface area contributed by atoms with Gasteiger partial charge in [0.15, 0.2) is 0 Å². The Hall–Kier alpha value is -1.55. The molecule has 0 amide bonds. The second kappa shape index (κ2) is 4.14. The van der Waals surface area contributed by atoms with Crippen LogP contribution in [0.25, 0.3) is 11.0 Å². The second-order valence-electron chi connectivity index (χ2n) is 4.38. The molecule has 4 heteroatoms. The number of aromatic amines is 1. The predicted molar refractivity (Wildman–Crippen MR) is 67.8 cm³/mol. The summed E-state index contributed by atoms with van der Waals surface area (Å²) in [5.74, 6) is 0.946. The molecule has 1 aromatic heterocycles. The van der Waals surface area contributed by atoms with E-state index in [1.54, 1.807) is 0 Å². The number of anilines is 1. The number of aromatic nitrogens is 2. The first-order valence-electron chi connectivity index (χ1n) is 5.49. The third-order valence-corrected chi connectivity index (χ3v) is 2.59. The summed E-state index contributed by atoms with van der Waals surface area (Å²) in [7, 11) is 2.05. The van der Waals surface area contributed by atoms with Crippen LogP contribution in [0.2, 0.25) is 0 Å². The van der Waals surface area contributed by atoms with Gasteiger partial charge >= 0.3 is 0 Å². The normalized spacial score (nSPS) is 13.0. The van der Waals surface area contributed by atoms with Crippen molar-refractivity contribution in [1.29, 1.82) is 0 Å². The maximum Gasteiger partial charge on any atom is 0.104 e. The minimum absolute atomic E-state index is 0.171. The largest absolute Gasteiger partial charge is 0.373 e. The minimum atomic E-state index is 0.171. The molecule has 0 fully saturated rings.